The Morgan fingerprint density at radius 3 is 2.11 bits per heavy atom. The van der Waals surface area contributed by atoms with Crippen LogP contribution in [0.4, 0.5) is 4.39 Å². The first kappa shape index (κ1) is 25.1. The van der Waals surface area contributed by atoms with Crippen LogP contribution in [0.15, 0.2) is 36.4 Å². The fraction of sp³-hybridized carbons (Fsp3) is 0.500. The first-order valence-electron chi connectivity index (χ1n) is 9.80. The molecule has 0 saturated carbocycles. The number of halogens is 1. The van der Waals surface area contributed by atoms with Gasteiger partial charge in [-0.2, -0.15) is 0 Å². The highest BCUT2D eigenvalue weighted by molar-refractivity contribution is 5.70. The Balaban J connectivity index is 0.00000158. The van der Waals surface area contributed by atoms with E-state index in [1.807, 2.05) is 13.8 Å². The van der Waals surface area contributed by atoms with E-state index in [9.17, 15) is 4.39 Å². The molecule has 0 radical (unpaired) electrons. The van der Waals surface area contributed by atoms with Crippen LogP contribution in [-0.2, 0) is 12.8 Å². The van der Waals surface area contributed by atoms with Crippen LogP contribution in [0.5, 0.6) is 5.75 Å². The third-order valence-electron chi connectivity index (χ3n) is 4.67. The standard InChI is InChI=1S/C21H27FO.C2H6.CH4O/c1-6-15-8-10-18(16(12-15)14-21(3,4)7-2)19-13-17(23-5)9-11-20(19)22;2*1-2/h8-13H,6-7,14H2,1-5H3;1-2H3;2H,1H3. The van der Waals surface area contributed by atoms with Crippen LogP contribution >= 0.6 is 0 Å². The van der Waals surface area contributed by atoms with Crippen LogP contribution < -0.4 is 4.74 Å². The zero-order valence-electron chi connectivity index (χ0n) is 18.3. The first-order valence-corrected chi connectivity index (χ1v) is 9.80. The average Bonchev–Trinajstić information content (AvgIpc) is 2.71. The van der Waals surface area contributed by atoms with Crippen LogP contribution in [0.1, 0.15) is 59.1 Å². The number of rotatable bonds is 6. The molecule has 0 fully saturated rings. The summed E-state index contributed by atoms with van der Waals surface area (Å²) in [5, 5.41) is 7.00. The number of aliphatic hydroxyl groups excluding tert-OH is 1. The predicted molar refractivity (Wildman–Crippen MR) is 115 cm³/mol. The molecule has 27 heavy (non-hydrogen) atoms. The Bertz CT molecular complexity index is 678. The molecule has 2 rings (SSSR count). The molecule has 0 spiro atoms. The van der Waals surface area contributed by atoms with Crippen molar-refractivity contribution in [3.05, 3.63) is 53.3 Å². The van der Waals surface area contributed by atoms with Crippen molar-refractivity contribution >= 4 is 0 Å². The summed E-state index contributed by atoms with van der Waals surface area (Å²) >= 11 is 0. The molecular formula is C24H37FO2. The molecule has 0 aliphatic heterocycles. The highest BCUT2D eigenvalue weighted by atomic mass is 19.1. The van der Waals surface area contributed by atoms with Crippen LogP contribution in [0.25, 0.3) is 11.1 Å². The van der Waals surface area contributed by atoms with E-state index in [1.54, 1.807) is 19.2 Å². The van der Waals surface area contributed by atoms with Crippen molar-refractivity contribution in [1.82, 2.24) is 0 Å². The molecule has 2 aromatic carbocycles. The summed E-state index contributed by atoms with van der Waals surface area (Å²) in [7, 11) is 2.61. The zero-order valence-corrected chi connectivity index (χ0v) is 18.3. The number of aryl methyl sites for hydroxylation is 1. The molecular weight excluding hydrogens is 339 g/mol. The van der Waals surface area contributed by atoms with Gasteiger partial charge in [0.2, 0.25) is 0 Å². The Morgan fingerprint density at radius 1 is 0.963 bits per heavy atom. The van der Waals surface area contributed by atoms with Gasteiger partial charge in [-0.15, -0.1) is 0 Å². The molecule has 2 aromatic rings. The Kier molecular flexibility index (Phi) is 11.6. The normalized spacial score (nSPS) is 10.3. The van der Waals surface area contributed by atoms with Gasteiger partial charge in [0, 0.05) is 12.7 Å². The Hall–Kier alpha value is -1.87. The van der Waals surface area contributed by atoms with Crippen LogP contribution in [-0.4, -0.2) is 19.3 Å². The van der Waals surface area contributed by atoms with Crippen LogP contribution in [0.2, 0.25) is 0 Å². The number of methoxy groups -OCH3 is 1. The molecule has 0 aliphatic carbocycles. The summed E-state index contributed by atoms with van der Waals surface area (Å²) in [6.07, 6.45) is 3.01. The summed E-state index contributed by atoms with van der Waals surface area (Å²) in [4.78, 5) is 0. The average molecular weight is 377 g/mol. The second kappa shape index (κ2) is 12.5. The molecule has 0 unspecified atom stereocenters. The van der Waals surface area contributed by atoms with Gasteiger partial charge in [-0.05, 0) is 53.1 Å². The number of hydrogen-bond donors (Lipinski definition) is 1. The van der Waals surface area contributed by atoms with Crippen molar-refractivity contribution in [1.29, 1.82) is 0 Å². The monoisotopic (exact) mass is 376 g/mol. The van der Waals surface area contributed by atoms with Gasteiger partial charge in [0.15, 0.2) is 0 Å². The molecule has 0 saturated heterocycles. The van der Waals surface area contributed by atoms with Crippen molar-refractivity contribution in [2.24, 2.45) is 5.41 Å². The van der Waals surface area contributed by atoms with Crippen molar-refractivity contribution in [2.45, 2.75) is 60.8 Å². The second-order valence-corrected chi connectivity index (χ2v) is 6.89. The maximum atomic E-state index is 14.4. The zero-order chi connectivity index (χ0) is 21.0. The summed E-state index contributed by atoms with van der Waals surface area (Å²) in [5.41, 5.74) is 4.28. The third-order valence-corrected chi connectivity index (χ3v) is 4.67. The van der Waals surface area contributed by atoms with Crippen molar-refractivity contribution in [3.63, 3.8) is 0 Å². The lowest BCUT2D eigenvalue weighted by molar-refractivity contribution is 0.349. The van der Waals surface area contributed by atoms with E-state index in [0.29, 0.717) is 11.3 Å². The minimum Gasteiger partial charge on any atom is -0.497 e. The van der Waals surface area contributed by atoms with Gasteiger partial charge in [0.25, 0.3) is 0 Å². The molecule has 0 atom stereocenters. The topological polar surface area (TPSA) is 29.5 Å². The van der Waals surface area contributed by atoms with E-state index >= 15 is 0 Å². The van der Waals surface area contributed by atoms with E-state index < -0.39 is 0 Å². The summed E-state index contributed by atoms with van der Waals surface area (Å²) < 4.78 is 19.7. The molecule has 0 aliphatic rings. The van der Waals surface area contributed by atoms with Crippen LogP contribution in [0, 0.1) is 11.2 Å². The summed E-state index contributed by atoms with van der Waals surface area (Å²) in [5.74, 6) is 0.479. The molecule has 0 heterocycles. The molecule has 2 nitrogen and oxygen atoms in total. The largest absolute Gasteiger partial charge is 0.497 e. The fourth-order valence-electron chi connectivity index (χ4n) is 2.75. The minimum atomic E-state index is -0.203. The molecule has 1 N–H and O–H groups in total. The number of hydrogen-bond acceptors (Lipinski definition) is 2. The molecule has 0 amide bonds. The van der Waals surface area contributed by atoms with E-state index in [2.05, 4.69) is 45.9 Å². The van der Waals surface area contributed by atoms with E-state index in [4.69, 9.17) is 9.84 Å². The summed E-state index contributed by atoms with van der Waals surface area (Å²) in [6, 6.07) is 11.3. The molecule has 0 bridgehead atoms. The van der Waals surface area contributed by atoms with Crippen molar-refractivity contribution < 1.29 is 14.2 Å². The summed E-state index contributed by atoms with van der Waals surface area (Å²) in [6.45, 7) is 12.9. The minimum absolute atomic E-state index is 0.191. The lowest BCUT2D eigenvalue weighted by Crippen LogP contribution is -2.14. The Labute approximate surface area is 165 Å². The van der Waals surface area contributed by atoms with Crippen molar-refractivity contribution in [3.8, 4) is 16.9 Å². The SMILES string of the molecule is CC.CCc1ccc(-c2cc(OC)ccc2F)c(CC(C)(C)CC)c1.CO. The van der Waals surface area contributed by atoms with Gasteiger partial charge in [0.1, 0.15) is 11.6 Å². The maximum absolute atomic E-state index is 14.4. The van der Waals surface area contributed by atoms with Gasteiger partial charge in [0.05, 0.1) is 7.11 Å². The lowest BCUT2D eigenvalue weighted by Gasteiger charge is -2.25. The predicted octanol–water partition coefficient (Wildman–Crippen LogP) is 6.68. The highest BCUT2D eigenvalue weighted by Gasteiger charge is 2.20. The lowest BCUT2D eigenvalue weighted by atomic mass is 9.80. The van der Waals surface area contributed by atoms with Gasteiger partial charge in [-0.1, -0.05) is 66.2 Å². The van der Waals surface area contributed by atoms with Gasteiger partial charge in [-0.25, -0.2) is 4.39 Å². The number of aliphatic hydroxyl groups is 1. The number of ether oxygens (including phenoxy) is 1. The second-order valence-electron chi connectivity index (χ2n) is 6.89. The molecule has 0 aromatic heterocycles. The van der Waals surface area contributed by atoms with E-state index in [-0.39, 0.29) is 11.2 Å². The maximum Gasteiger partial charge on any atom is 0.131 e. The van der Waals surface area contributed by atoms with Gasteiger partial charge < -0.3 is 9.84 Å². The quantitative estimate of drug-likeness (QED) is 0.609. The van der Waals surface area contributed by atoms with Gasteiger partial charge in [-0.3, -0.25) is 0 Å². The fourth-order valence-corrected chi connectivity index (χ4v) is 2.75. The van der Waals surface area contributed by atoms with Crippen LogP contribution in [0.3, 0.4) is 0 Å². The van der Waals surface area contributed by atoms with Crippen molar-refractivity contribution in [2.75, 3.05) is 14.2 Å². The first-order chi connectivity index (χ1) is 12.9. The number of benzene rings is 2. The third kappa shape index (κ3) is 7.34. The van der Waals surface area contributed by atoms with E-state index in [1.165, 1.54) is 17.2 Å². The smallest absolute Gasteiger partial charge is 0.131 e. The Morgan fingerprint density at radius 2 is 1.59 bits per heavy atom. The van der Waals surface area contributed by atoms with E-state index in [0.717, 1.165) is 31.9 Å². The molecule has 152 valence electrons. The molecule has 3 heteroatoms. The van der Waals surface area contributed by atoms with Gasteiger partial charge >= 0.3 is 0 Å². The highest BCUT2D eigenvalue weighted by Crippen LogP contribution is 2.35.